The van der Waals surface area contributed by atoms with Gasteiger partial charge >= 0.3 is 0 Å². The van der Waals surface area contributed by atoms with Crippen LogP contribution in [0.5, 0.6) is 0 Å². The normalized spacial score (nSPS) is 10.0. The fourth-order valence-electron chi connectivity index (χ4n) is 0.738. The number of nitrogen functional groups attached to an aromatic ring is 1. The van der Waals surface area contributed by atoms with Crippen LogP contribution in [-0.2, 0) is 6.42 Å². The van der Waals surface area contributed by atoms with Crippen LogP contribution in [0.4, 0.5) is 5.00 Å². The van der Waals surface area contributed by atoms with Crippen molar-refractivity contribution in [3.8, 4) is 0 Å². The van der Waals surface area contributed by atoms with Crippen LogP contribution < -0.4 is 5.73 Å². The van der Waals surface area contributed by atoms with E-state index >= 15 is 0 Å². The third-order valence-corrected chi connectivity index (χ3v) is 2.57. The Morgan fingerprint density at radius 1 is 1.67 bits per heavy atom. The highest BCUT2D eigenvalue weighted by molar-refractivity contribution is 7.16. The number of thiophene rings is 1. The highest BCUT2D eigenvalue weighted by atomic mass is 32.1. The predicted molar refractivity (Wildman–Crippen MR) is 42.8 cm³/mol. The monoisotopic (exact) mass is 141 g/mol. The van der Waals surface area contributed by atoms with Crippen molar-refractivity contribution in [2.24, 2.45) is 0 Å². The summed E-state index contributed by atoms with van der Waals surface area (Å²) in [5.74, 6) is 0. The molecule has 0 amide bonds. The number of aryl methyl sites for hydroxylation is 2. The molecule has 1 aromatic rings. The van der Waals surface area contributed by atoms with Crippen molar-refractivity contribution >= 4 is 16.3 Å². The van der Waals surface area contributed by atoms with Gasteiger partial charge in [0.15, 0.2) is 0 Å². The molecule has 0 unspecified atom stereocenters. The first-order valence-electron chi connectivity index (χ1n) is 3.08. The summed E-state index contributed by atoms with van der Waals surface area (Å²) in [5.41, 5.74) is 6.85. The van der Waals surface area contributed by atoms with Gasteiger partial charge in [-0.25, -0.2) is 0 Å². The van der Waals surface area contributed by atoms with Gasteiger partial charge in [-0.2, -0.15) is 0 Å². The van der Waals surface area contributed by atoms with Crippen molar-refractivity contribution < 1.29 is 0 Å². The summed E-state index contributed by atoms with van der Waals surface area (Å²) in [4.78, 5) is 1.38. The maximum atomic E-state index is 5.63. The van der Waals surface area contributed by atoms with Crippen molar-refractivity contribution in [1.82, 2.24) is 0 Å². The second-order valence-corrected chi connectivity index (χ2v) is 3.28. The van der Waals surface area contributed by atoms with Gasteiger partial charge in [-0.15, -0.1) is 11.3 Å². The Kier molecular flexibility index (Phi) is 1.76. The summed E-state index contributed by atoms with van der Waals surface area (Å²) >= 11 is 1.69. The first-order chi connectivity index (χ1) is 4.24. The molecule has 0 radical (unpaired) electrons. The lowest BCUT2D eigenvalue weighted by molar-refractivity contribution is 1.18. The quantitative estimate of drug-likeness (QED) is 0.637. The fraction of sp³-hybridized carbons (Fsp3) is 0.429. The van der Waals surface area contributed by atoms with E-state index in [0.29, 0.717) is 0 Å². The molecule has 0 fully saturated rings. The van der Waals surface area contributed by atoms with E-state index in [4.69, 9.17) is 5.73 Å². The Balaban J connectivity index is 2.98. The molecule has 1 heterocycles. The summed E-state index contributed by atoms with van der Waals surface area (Å²) in [7, 11) is 0. The van der Waals surface area contributed by atoms with Gasteiger partial charge in [-0.3, -0.25) is 0 Å². The number of anilines is 1. The Labute approximate surface area is 59.5 Å². The summed E-state index contributed by atoms with van der Waals surface area (Å²) in [5, 5.41) is 0.965. The zero-order valence-electron chi connectivity index (χ0n) is 5.77. The summed E-state index contributed by atoms with van der Waals surface area (Å²) in [6, 6.07) is 2.15. The minimum Gasteiger partial charge on any atom is -0.390 e. The van der Waals surface area contributed by atoms with Gasteiger partial charge in [0.1, 0.15) is 0 Å². The van der Waals surface area contributed by atoms with Crippen LogP contribution in [-0.4, -0.2) is 0 Å². The van der Waals surface area contributed by atoms with Gasteiger partial charge in [-0.1, -0.05) is 6.92 Å². The second-order valence-electron chi connectivity index (χ2n) is 2.11. The van der Waals surface area contributed by atoms with E-state index in [2.05, 4.69) is 13.0 Å². The van der Waals surface area contributed by atoms with E-state index in [9.17, 15) is 0 Å². The molecule has 0 aliphatic carbocycles. The molecule has 0 atom stereocenters. The SMILES string of the molecule is CCc1cc(C)c(N)s1. The lowest BCUT2D eigenvalue weighted by Gasteiger charge is -1.81. The van der Waals surface area contributed by atoms with Crippen molar-refractivity contribution in [3.05, 3.63) is 16.5 Å². The maximum Gasteiger partial charge on any atom is 0.0888 e. The molecule has 0 saturated carbocycles. The smallest absolute Gasteiger partial charge is 0.0888 e. The molecular formula is C7H11NS. The number of nitrogens with two attached hydrogens (primary N) is 1. The number of rotatable bonds is 1. The van der Waals surface area contributed by atoms with Gasteiger partial charge in [0.25, 0.3) is 0 Å². The molecule has 0 aromatic carbocycles. The van der Waals surface area contributed by atoms with Gasteiger partial charge in [0.2, 0.25) is 0 Å². The Bertz CT molecular complexity index is 183. The molecule has 1 rings (SSSR count). The highest BCUT2D eigenvalue weighted by Gasteiger charge is 1.97. The molecule has 2 heteroatoms. The highest BCUT2D eigenvalue weighted by Crippen LogP contribution is 2.23. The first kappa shape index (κ1) is 6.62. The molecule has 50 valence electrons. The van der Waals surface area contributed by atoms with E-state index in [-0.39, 0.29) is 0 Å². The van der Waals surface area contributed by atoms with Crippen molar-refractivity contribution in [2.45, 2.75) is 20.3 Å². The predicted octanol–water partition coefficient (Wildman–Crippen LogP) is 2.20. The van der Waals surface area contributed by atoms with Crippen molar-refractivity contribution in [3.63, 3.8) is 0 Å². The van der Waals surface area contributed by atoms with Crippen LogP contribution in [0.1, 0.15) is 17.4 Å². The lowest BCUT2D eigenvalue weighted by atomic mass is 10.3. The Hall–Kier alpha value is -0.500. The van der Waals surface area contributed by atoms with Crippen molar-refractivity contribution in [1.29, 1.82) is 0 Å². The van der Waals surface area contributed by atoms with Crippen LogP contribution in [0.15, 0.2) is 6.07 Å². The van der Waals surface area contributed by atoms with Gasteiger partial charge in [0.05, 0.1) is 5.00 Å². The molecule has 9 heavy (non-hydrogen) atoms. The Morgan fingerprint density at radius 3 is 2.56 bits per heavy atom. The summed E-state index contributed by atoms with van der Waals surface area (Å²) in [6.07, 6.45) is 1.10. The average molecular weight is 141 g/mol. The van der Waals surface area contributed by atoms with Gasteiger partial charge in [-0.05, 0) is 25.0 Å². The third kappa shape index (κ3) is 1.24. The molecule has 0 aliphatic heterocycles. The van der Waals surface area contributed by atoms with Crippen molar-refractivity contribution in [2.75, 3.05) is 5.73 Å². The minimum atomic E-state index is 0.965. The van der Waals surface area contributed by atoms with Crippen LogP contribution in [0.3, 0.4) is 0 Å². The number of hydrogen-bond donors (Lipinski definition) is 1. The minimum absolute atomic E-state index is 0.965. The summed E-state index contributed by atoms with van der Waals surface area (Å²) in [6.45, 7) is 4.19. The van der Waals surface area contributed by atoms with E-state index in [0.717, 1.165) is 11.4 Å². The zero-order chi connectivity index (χ0) is 6.85. The first-order valence-corrected chi connectivity index (χ1v) is 3.90. The second kappa shape index (κ2) is 2.40. The van der Waals surface area contributed by atoms with E-state index in [1.165, 1.54) is 10.4 Å². The standard InChI is InChI=1S/C7H11NS/c1-3-6-4-5(2)7(8)9-6/h4H,3,8H2,1-2H3. The largest absolute Gasteiger partial charge is 0.390 e. The van der Waals surface area contributed by atoms with Gasteiger partial charge in [0, 0.05) is 4.88 Å². The van der Waals surface area contributed by atoms with Crippen LogP contribution in [0, 0.1) is 6.92 Å². The van der Waals surface area contributed by atoms with Crippen LogP contribution in [0.2, 0.25) is 0 Å². The Morgan fingerprint density at radius 2 is 2.33 bits per heavy atom. The zero-order valence-corrected chi connectivity index (χ0v) is 6.59. The molecular weight excluding hydrogens is 130 g/mol. The van der Waals surface area contributed by atoms with E-state index in [1.54, 1.807) is 11.3 Å². The fourth-order valence-corrected chi connectivity index (χ4v) is 1.62. The molecule has 0 aliphatic rings. The molecule has 1 nitrogen and oxygen atoms in total. The molecule has 0 spiro atoms. The average Bonchev–Trinajstić information content (AvgIpc) is 2.13. The molecule has 2 N–H and O–H groups in total. The summed E-state index contributed by atoms with van der Waals surface area (Å²) < 4.78 is 0. The van der Waals surface area contributed by atoms with Gasteiger partial charge < -0.3 is 5.73 Å². The topological polar surface area (TPSA) is 26.0 Å². The molecule has 1 aromatic heterocycles. The van der Waals surface area contributed by atoms with Crippen LogP contribution in [0.25, 0.3) is 0 Å². The number of hydrogen-bond acceptors (Lipinski definition) is 2. The van der Waals surface area contributed by atoms with E-state index < -0.39 is 0 Å². The molecule has 0 saturated heterocycles. The maximum absolute atomic E-state index is 5.63. The molecule has 0 bridgehead atoms. The van der Waals surface area contributed by atoms with Crippen LogP contribution >= 0.6 is 11.3 Å². The lowest BCUT2D eigenvalue weighted by Crippen LogP contribution is -1.78. The third-order valence-electron chi connectivity index (χ3n) is 1.36. The van der Waals surface area contributed by atoms with E-state index in [1.807, 2.05) is 6.92 Å².